The lowest BCUT2D eigenvalue weighted by atomic mass is 10.0. The monoisotopic (exact) mass is 262 g/mol. The molecule has 0 aromatic heterocycles. The number of carbonyl (C=O) groups excluding carboxylic acids is 1. The van der Waals surface area contributed by atoms with E-state index in [-0.39, 0.29) is 12.4 Å². The van der Waals surface area contributed by atoms with Gasteiger partial charge in [-0.15, -0.1) is 0 Å². The first-order valence-electron chi connectivity index (χ1n) is 6.37. The van der Waals surface area contributed by atoms with Gasteiger partial charge in [-0.2, -0.15) is 0 Å². The van der Waals surface area contributed by atoms with Crippen LogP contribution in [0.15, 0.2) is 30.3 Å². The van der Waals surface area contributed by atoms with Gasteiger partial charge in [0.1, 0.15) is 11.4 Å². The Bertz CT molecular complexity index is 450. The summed E-state index contributed by atoms with van der Waals surface area (Å²) in [4.78, 5) is 11.8. The molecule has 0 saturated carbocycles. The van der Waals surface area contributed by atoms with Crippen LogP contribution >= 0.6 is 0 Å². The van der Waals surface area contributed by atoms with E-state index in [9.17, 15) is 4.79 Å². The third-order valence-electron chi connectivity index (χ3n) is 2.56. The zero-order chi connectivity index (χ0) is 14.5. The molecule has 0 aliphatic rings. The summed E-state index contributed by atoms with van der Waals surface area (Å²) in [5.41, 5.74) is 1.52. The lowest BCUT2D eigenvalue weighted by Crippen LogP contribution is -2.23. The van der Waals surface area contributed by atoms with Crippen molar-refractivity contribution < 1.29 is 14.3 Å². The van der Waals surface area contributed by atoms with Crippen molar-refractivity contribution in [1.29, 1.82) is 0 Å². The van der Waals surface area contributed by atoms with Gasteiger partial charge < -0.3 is 9.47 Å². The van der Waals surface area contributed by atoms with Crippen LogP contribution in [0.3, 0.4) is 0 Å². The van der Waals surface area contributed by atoms with Crippen LogP contribution in [0.4, 0.5) is 0 Å². The Balaban J connectivity index is 2.76. The molecule has 1 aromatic carbocycles. The number of hydrogen-bond donors (Lipinski definition) is 0. The molecule has 0 bridgehead atoms. The molecule has 0 aliphatic carbocycles. The van der Waals surface area contributed by atoms with Gasteiger partial charge in [-0.05, 0) is 51.0 Å². The quantitative estimate of drug-likeness (QED) is 0.774. The number of methoxy groups -OCH3 is 1. The Morgan fingerprint density at radius 3 is 2.21 bits per heavy atom. The molecule has 19 heavy (non-hydrogen) atoms. The van der Waals surface area contributed by atoms with E-state index in [4.69, 9.17) is 9.47 Å². The summed E-state index contributed by atoms with van der Waals surface area (Å²) in [6.07, 6.45) is 2.21. The average molecular weight is 262 g/mol. The average Bonchev–Trinajstić information content (AvgIpc) is 2.34. The highest BCUT2D eigenvalue weighted by molar-refractivity contribution is 5.85. The minimum absolute atomic E-state index is 0.212. The lowest BCUT2D eigenvalue weighted by Gasteiger charge is -2.20. The number of esters is 1. The summed E-state index contributed by atoms with van der Waals surface area (Å²) >= 11 is 0. The van der Waals surface area contributed by atoms with E-state index in [1.54, 1.807) is 7.11 Å². The van der Waals surface area contributed by atoms with Gasteiger partial charge >= 0.3 is 5.97 Å². The Morgan fingerprint density at radius 1 is 1.21 bits per heavy atom. The molecule has 0 spiro atoms. The van der Waals surface area contributed by atoms with Crippen LogP contribution < -0.4 is 4.74 Å². The molecule has 0 aliphatic heterocycles. The van der Waals surface area contributed by atoms with E-state index in [0.29, 0.717) is 0 Å². The van der Waals surface area contributed by atoms with Crippen molar-refractivity contribution in [2.45, 2.75) is 39.7 Å². The highest BCUT2D eigenvalue weighted by Gasteiger charge is 2.17. The minimum Gasteiger partial charge on any atom is -0.497 e. The van der Waals surface area contributed by atoms with E-state index in [0.717, 1.165) is 16.9 Å². The van der Waals surface area contributed by atoms with Gasteiger partial charge in [-0.1, -0.05) is 18.2 Å². The molecule has 0 amide bonds. The van der Waals surface area contributed by atoms with E-state index in [1.165, 1.54) is 0 Å². The van der Waals surface area contributed by atoms with Gasteiger partial charge in [-0.3, -0.25) is 4.79 Å². The first-order valence-corrected chi connectivity index (χ1v) is 6.37. The van der Waals surface area contributed by atoms with Crippen molar-refractivity contribution >= 4 is 11.5 Å². The molecular weight excluding hydrogens is 240 g/mol. The predicted molar refractivity (Wildman–Crippen MR) is 77.1 cm³/mol. The third kappa shape index (κ3) is 5.16. The maximum Gasteiger partial charge on any atom is 0.310 e. The molecule has 0 saturated heterocycles. The third-order valence-corrected chi connectivity index (χ3v) is 2.56. The van der Waals surface area contributed by atoms with Gasteiger partial charge in [0.15, 0.2) is 0 Å². The second kappa shape index (κ2) is 6.41. The zero-order valence-corrected chi connectivity index (χ0v) is 12.3. The predicted octanol–water partition coefficient (Wildman–Crippen LogP) is 3.83. The van der Waals surface area contributed by atoms with E-state index >= 15 is 0 Å². The summed E-state index contributed by atoms with van der Waals surface area (Å²) in [6, 6.07) is 7.65. The Hall–Kier alpha value is -1.77. The van der Waals surface area contributed by atoms with Gasteiger partial charge in [0, 0.05) is 0 Å². The first kappa shape index (κ1) is 15.3. The molecule has 3 heteroatoms. The summed E-state index contributed by atoms with van der Waals surface area (Å²) < 4.78 is 10.5. The van der Waals surface area contributed by atoms with Gasteiger partial charge in [0.2, 0.25) is 0 Å². The van der Waals surface area contributed by atoms with Crippen molar-refractivity contribution in [3.05, 3.63) is 35.9 Å². The topological polar surface area (TPSA) is 35.5 Å². The fourth-order valence-electron chi connectivity index (χ4n) is 1.71. The van der Waals surface area contributed by atoms with Gasteiger partial charge in [0.05, 0.1) is 13.5 Å². The van der Waals surface area contributed by atoms with Crippen molar-refractivity contribution in [3.63, 3.8) is 0 Å². The largest absolute Gasteiger partial charge is 0.497 e. The number of benzene rings is 1. The SMILES string of the molecule is C/C=C(\CC(=O)OC(C)(C)C)c1ccc(OC)cc1. The number of carbonyl (C=O) groups is 1. The fraction of sp³-hybridized carbons (Fsp3) is 0.438. The van der Waals surface area contributed by atoms with Gasteiger partial charge in [-0.25, -0.2) is 0 Å². The molecule has 0 atom stereocenters. The summed E-state index contributed by atoms with van der Waals surface area (Å²) in [6.45, 7) is 7.53. The van der Waals surface area contributed by atoms with E-state index in [1.807, 2.05) is 58.0 Å². The Kier molecular flexibility index (Phi) is 5.16. The lowest BCUT2D eigenvalue weighted by molar-refractivity contribution is -0.153. The molecule has 0 fully saturated rings. The molecule has 1 aromatic rings. The summed E-state index contributed by atoms with van der Waals surface area (Å²) in [7, 11) is 1.63. The van der Waals surface area contributed by atoms with Crippen molar-refractivity contribution in [2.24, 2.45) is 0 Å². The molecule has 0 N–H and O–H groups in total. The Labute approximate surface area is 115 Å². The molecule has 1 rings (SSSR count). The normalized spacial score (nSPS) is 12.2. The minimum atomic E-state index is -0.449. The molecule has 0 radical (unpaired) electrons. The molecular formula is C16H22O3. The van der Waals surface area contributed by atoms with Crippen LogP contribution in [0.25, 0.3) is 5.57 Å². The van der Waals surface area contributed by atoms with Crippen molar-refractivity contribution in [3.8, 4) is 5.75 Å². The maximum atomic E-state index is 11.8. The highest BCUT2D eigenvalue weighted by Crippen LogP contribution is 2.22. The van der Waals surface area contributed by atoms with E-state index < -0.39 is 5.60 Å². The first-order chi connectivity index (χ1) is 8.85. The summed E-state index contributed by atoms with van der Waals surface area (Å²) in [5.74, 6) is 0.591. The molecule has 0 unspecified atom stereocenters. The van der Waals surface area contributed by atoms with Crippen molar-refractivity contribution in [2.75, 3.05) is 7.11 Å². The zero-order valence-electron chi connectivity index (χ0n) is 12.3. The second-order valence-corrected chi connectivity index (χ2v) is 5.31. The smallest absolute Gasteiger partial charge is 0.310 e. The summed E-state index contributed by atoms with van der Waals surface area (Å²) in [5, 5.41) is 0. The number of rotatable bonds is 4. The van der Waals surface area contributed by atoms with E-state index in [2.05, 4.69) is 0 Å². The Morgan fingerprint density at radius 2 is 1.79 bits per heavy atom. The molecule has 104 valence electrons. The van der Waals surface area contributed by atoms with Crippen LogP contribution in [0.1, 0.15) is 39.7 Å². The van der Waals surface area contributed by atoms with Crippen LogP contribution in [0.2, 0.25) is 0 Å². The molecule has 0 heterocycles. The second-order valence-electron chi connectivity index (χ2n) is 5.31. The molecule has 3 nitrogen and oxygen atoms in total. The van der Waals surface area contributed by atoms with Crippen LogP contribution in [0, 0.1) is 0 Å². The van der Waals surface area contributed by atoms with Crippen LogP contribution in [0.5, 0.6) is 5.75 Å². The van der Waals surface area contributed by atoms with Crippen molar-refractivity contribution in [1.82, 2.24) is 0 Å². The number of allylic oxidation sites excluding steroid dienone is 1. The van der Waals surface area contributed by atoms with Gasteiger partial charge in [0.25, 0.3) is 0 Å². The maximum absolute atomic E-state index is 11.8. The fourth-order valence-corrected chi connectivity index (χ4v) is 1.71. The number of hydrogen-bond acceptors (Lipinski definition) is 3. The highest BCUT2D eigenvalue weighted by atomic mass is 16.6. The standard InChI is InChI=1S/C16H22O3/c1-6-12(11-15(17)19-16(2,3)4)13-7-9-14(18-5)10-8-13/h6-10H,11H2,1-5H3/b12-6+. The number of ether oxygens (including phenoxy) is 2. The van der Waals surface area contributed by atoms with Crippen LogP contribution in [-0.2, 0) is 9.53 Å². The van der Waals surface area contributed by atoms with Crippen LogP contribution in [-0.4, -0.2) is 18.7 Å².